The number of aromatic nitrogens is 3. The van der Waals surface area contributed by atoms with Gasteiger partial charge < -0.3 is 14.6 Å². The second kappa shape index (κ2) is 5.98. The van der Waals surface area contributed by atoms with Crippen LogP contribution in [0.3, 0.4) is 0 Å². The summed E-state index contributed by atoms with van der Waals surface area (Å²) < 4.78 is 8.07. The van der Waals surface area contributed by atoms with Crippen LogP contribution in [0.1, 0.15) is 35.1 Å². The molecule has 6 nitrogen and oxygen atoms in total. The standard InChI is InChI=1S/C20H18N4O2/c25-20(21-12-18-23-22-17-10-5-11-24(17)18)19-13-6-1-3-8-15(13)26-16-9-4-2-7-14(16)19/h1-4,6-9,19H,5,10-12H2,(H,21,25). The van der Waals surface area contributed by atoms with Crippen LogP contribution in [0.5, 0.6) is 11.5 Å². The highest BCUT2D eigenvalue weighted by Gasteiger charge is 2.32. The summed E-state index contributed by atoms with van der Waals surface area (Å²) in [6, 6.07) is 15.4. The molecule has 1 N–H and O–H groups in total. The van der Waals surface area contributed by atoms with Crippen LogP contribution in [0.15, 0.2) is 48.5 Å². The van der Waals surface area contributed by atoms with Gasteiger partial charge in [0.1, 0.15) is 17.3 Å². The number of nitrogens with zero attached hydrogens (tertiary/aromatic N) is 3. The van der Waals surface area contributed by atoms with Gasteiger partial charge in [-0.3, -0.25) is 4.79 Å². The molecular weight excluding hydrogens is 328 g/mol. The fourth-order valence-corrected chi connectivity index (χ4v) is 3.80. The molecule has 3 heterocycles. The van der Waals surface area contributed by atoms with Crippen LogP contribution in [0.25, 0.3) is 0 Å². The van der Waals surface area contributed by atoms with E-state index in [1.54, 1.807) is 0 Å². The maximum absolute atomic E-state index is 13.1. The van der Waals surface area contributed by atoms with E-state index in [9.17, 15) is 4.79 Å². The van der Waals surface area contributed by atoms with E-state index >= 15 is 0 Å². The highest BCUT2D eigenvalue weighted by atomic mass is 16.5. The van der Waals surface area contributed by atoms with E-state index in [0.717, 1.165) is 53.7 Å². The zero-order valence-electron chi connectivity index (χ0n) is 14.2. The molecule has 0 spiro atoms. The molecule has 26 heavy (non-hydrogen) atoms. The van der Waals surface area contributed by atoms with Gasteiger partial charge in [-0.15, -0.1) is 10.2 Å². The Bertz CT molecular complexity index is 949. The van der Waals surface area contributed by atoms with Crippen LogP contribution in [-0.2, 0) is 24.3 Å². The molecule has 5 rings (SSSR count). The topological polar surface area (TPSA) is 69.0 Å². The Morgan fingerprint density at radius 3 is 2.50 bits per heavy atom. The smallest absolute Gasteiger partial charge is 0.232 e. The first-order chi connectivity index (χ1) is 12.8. The number of rotatable bonds is 3. The van der Waals surface area contributed by atoms with Crippen molar-refractivity contribution in [3.8, 4) is 11.5 Å². The van der Waals surface area contributed by atoms with Crippen molar-refractivity contribution in [2.75, 3.05) is 0 Å². The van der Waals surface area contributed by atoms with Crippen molar-refractivity contribution in [2.45, 2.75) is 31.8 Å². The Kier molecular flexibility index (Phi) is 3.48. The van der Waals surface area contributed by atoms with Gasteiger partial charge in [0.25, 0.3) is 0 Å². The predicted octanol–water partition coefficient (Wildman–Crippen LogP) is 2.78. The highest BCUT2D eigenvalue weighted by molar-refractivity contribution is 5.89. The van der Waals surface area contributed by atoms with Crippen molar-refractivity contribution in [3.05, 3.63) is 71.3 Å². The first kappa shape index (κ1) is 15.1. The number of fused-ring (bicyclic) bond motifs is 3. The summed E-state index contributed by atoms with van der Waals surface area (Å²) >= 11 is 0. The number of ether oxygens (including phenoxy) is 1. The molecule has 2 aromatic carbocycles. The molecule has 0 unspecified atom stereocenters. The van der Waals surface area contributed by atoms with E-state index in [2.05, 4.69) is 20.1 Å². The number of hydrogen-bond donors (Lipinski definition) is 1. The van der Waals surface area contributed by atoms with Gasteiger partial charge >= 0.3 is 0 Å². The lowest BCUT2D eigenvalue weighted by molar-refractivity contribution is -0.122. The normalized spacial score (nSPS) is 14.9. The Balaban J connectivity index is 1.44. The third kappa shape index (κ3) is 2.37. The first-order valence-corrected chi connectivity index (χ1v) is 8.85. The molecule has 0 bridgehead atoms. The fraction of sp³-hybridized carbons (Fsp3) is 0.250. The lowest BCUT2D eigenvalue weighted by Gasteiger charge is -2.27. The summed E-state index contributed by atoms with van der Waals surface area (Å²) in [5, 5.41) is 11.5. The summed E-state index contributed by atoms with van der Waals surface area (Å²) in [7, 11) is 0. The molecule has 2 aliphatic heterocycles. The zero-order chi connectivity index (χ0) is 17.5. The largest absolute Gasteiger partial charge is 0.457 e. The van der Waals surface area contributed by atoms with Crippen molar-refractivity contribution >= 4 is 5.91 Å². The van der Waals surface area contributed by atoms with E-state index in [1.807, 2.05) is 48.5 Å². The van der Waals surface area contributed by atoms with Crippen molar-refractivity contribution in [1.82, 2.24) is 20.1 Å². The lowest BCUT2D eigenvalue weighted by atomic mass is 9.87. The summed E-state index contributed by atoms with van der Waals surface area (Å²) in [4.78, 5) is 13.1. The maximum atomic E-state index is 13.1. The Morgan fingerprint density at radius 1 is 1.08 bits per heavy atom. The van der Waals surface area contributed by atoms with E-state index in [-0.39, 0.29) is 5.91 Å². The number of carbonyl (C=O) groups excluding carboxylic acids is 1. The molecule has 0 saturated carbocycles. The van der Waals surface area contributed by atoms with E-state index in [4.69, 9.17) is 4.74 Å². The van der Waals surface area contributed by atoms with Gasteiger partial charge in [-0.2, -0.15) is 0 Å². The van der Waals surface area contributed by atoms with Crippen LogP contribution in [0.2, 0.25) is 0 Å². The molecule has 3 aromatic rings. The minimum Gasteiger partial charge on any atom is -0.457 e. The van der Waals surface area contributed by atoms with Crippen LogP contribution >= 0.6 is 0 Å². The molecule has 1 aromatic heterocycles. The van der Waals surface area contributed by atoms with Gasteiger partial charge in [-0.05, 0) is 18.6 Å². The average molecular weight is 346 g/mol. The molecular formula is C20H18N4O2. The minimum atomic E-state index is -0.392. The number of benzene rings is 2. The molecule has 0 aliphatic carbocycles. The second-order valence-electron chi connectivity index (χ2n) is 6.62. The highest BCUT2D eigenvalue weighted by Crippen LogP contribution is 2.43. The predicted molar refractivity (Wildman–Crippen MR) is 95.0 cm³/mol. The van der Waals surface area contributed by atoms with Crippen molar-refractivity contribution in [1.29, 1.82) is 0 Å². The molecule has 0 radical (unpaired) electrons. The Labute approximate surface area is 150 Å². The van der Waals surface area contributed by atoms with Crippen molar-refractivity contribution in [2.24, 2.45) is 0 Å². The number of amides is 1. The maximum Gasteiger partial charge on any atom is 0.232 e. The molecule has 0 fully saturated rings. The summed E-state index contributed by atoms with van der Waals surface area (Å²) in [5.74, 6) is 2.85. The van der Waals surface area contributed by atoms with Crippen LogP contribution in [-0.4, -0.2) is 20.7 Å². The third-order valence-electron chi connectivity index (χ3n) is 5.05. The van der Waals surface area contributed by atoms with Crippen LogP contribution < -0.4 is 10.1 Å². The van der Waals surface area contributed by atoms with E-state index in [0.29, 0.717) is 6.54 Å². The van der Waals surface area contributed by atoms with Gasteiger partial charge in [0.05, 0.1) is 12.5 Å². The van der Waals surface area contributed by atoms with Gasteiger partial charge in [0.2, 0.25) is 5.91 Å². The van der Waals surface area contributed by atoms with E-state index in [1.165, 1.54) is 0 Å². The van der Waals surface area contributed by atoms with Gasteiger partial charge in [-0.25, -0.2) is 0 Å². The fourth-order valence-electron chi connectivity index (χ4n) is 3.80. The minimum absolute atomic E-state index is 0.0523. The molecule has 1 amide bonds. The second-order valence-corrected chi connectivity index (χ2v) is 6.62. The molecule has 6 heteroatoms. The SMILES string of the molecule is O=C(NCc1nnc2n1CCC2)C1c2ccccc2Oc2ccccc21. The molecule has 2 aliphatic rings. The third-order valence-corrected chi connectivity index (χ3v) is 5.05. The van der Waals surface area contributed by atoms with Gasteiger partial charge in [0.15, 0.2) is 5.82 Å². The van der Waals surface area contributed by atoms with Crippen molar-refractivity contribution < 1.29 is 9.53 Å². The zero-order valence-corrected chi connectivity index (χ0v) is 14.2. The Hall–Kier alpha value is -3.15. The van der Waals surface area contributed by atoms with Crippen LogP contribution in [0, 0.1) is 0 Å². The van der Waals surface area contributed by atoms with Gasteiger partial charge in [-0.1, -0.05) is 36.4 Å². The average Bonchev–Trinajstić information content (AvgIpc) is 3.28. The lowest BCUT2D eigenvalue weighted by Crippen LogP contribution is -2.32. The molecule has 130 valence electrons. The van der Waals surface area contributed by atoms with Gasteiger partial charge in [0, 0.05) is 24.1 Å². The number of carbonyl (C=O) groups is 1. The monoisotopic (exact) mass is 346 g/mol. The number of nitrogens with one attached hydrogen (secondary N) is 1. The molecule has 0 atom stereocenters. The quantitative estimate of drug-likeness (QED) is 0.792. The van der Waals surface area contributed by atoms with Crippen molar-refractivity contribution in [3.63, 3.8) is 0 Å². The molecule has 0 saturated heterocycles. The summed E-state index contributed by atoms with van der Waals surface area (Å²) in [6.45, 7) is 1.31. The summed E-state index contributed by atoms with van der Waals surface area (Å²) in [6.07, 6.45) is 2.05. The number of hydrogen-bond acceptors (Lipinski definition) is 4. The van der Waals surface area contributed by atoms with E-state index < -0.39 is 5.92 Å². The number of para-hydroxylation sites is 2. The van der Waals surface area contributed by atoms with Crippen LogP contribution in [0.4, 0.5) is 0 Å². The first-order valence-electron chi connectivity index (χ1n) is 8.85. The summed E-state index contributed by atoms with van der Waals surface area (Å²) in [5.41, 5.74) is 1.77. The number of aryl methyl sites for hydroxylation is 1. The Morgan fingerprint density at radius 2 is 1.77 bits per heavy atom.